The van der Waals surface area contributed by atoms with Crippen LogP contribution < -0.4 is 5.32 Å². The molecular weight excluding hydrogens is 192 g/mol. The predicted molar refractivity (Wildman–Crippen MR) is 59.7 cm³/mol. The summed E-state index contributed by atoms with van der Waals surface area (Å²) in [6, 6.07) is 0.462. The van der Waals surface area contributed by atoms with E-state index in [0.29, 0.717) is 19.2 Å². The highest BCUT2D eigenvalue weighted by Gasteiger charge is 2.26. The number of carbonyl (C=O) groups is 1. The lowest BCUT2D eigenvalue weighted by Gasteiger charge is -2.30. The van der Waals surface area contributed by atoms with Gasteiger partial charge >= 0.3 is 0 Å². The van der Waals surface area contributed by atoms with E-state index in [0.717, 1.165) is 19.4 Å². The largest absolute Gasteiger partial charge is 0.383 e. The van der Waals surface area contributed by atoms with Gasteiger partial charge in [0.05, 0.1) is 6.61 Å². The Labute approximate surface area is 92.0 Å². The standard InChI is InChI=1S/C11H22N2O2/c1-9-8-10(4-5-12-9)11(14)13(2)6-7-15-3/h9-10,12H,4-8H2,1-3H3. The Hall–Kier alpha value is -0.610. The SMILES string of the molecule is COCCN(C)C(=O)C1CCNC(C)C1. The minimum atomic E-state index is 0.197. The third-order valence-corrected chi connectivity index (χ3v) is 2.98. The molecule has 15 heavy (non-hydrogen) atoms. The van der Waals surface area contributed by atoms with Gasteiger partial charge in [-0.2, -0.15) is 0 Å². The van der Waals surface area contributed by atoms with Crippen LogP contribution in [0.5, 0.6) is 0 Å². The first-order valence-corrected chi connectivity index (χ1v) is 5.62. The molecule has 2 atom stereocenters. The molecule has 1 N–H and O–H groups in total. The Morgan fingerprint density at radius 3 is 2.93 bits per heavy atom. The molecule has 4 heteroatoms. The molecule has 1 amide bonds. The van der Waals surface area contributed by atoms with E-state index in [1.165, 1.54) is 0 Å². The predicted octanol–water partition coefficient (Wildman–Crippen LogP) is 0.479. The van der Waals surface area contributed by atoms with E-state index in [1.807, 2.05) is 7.05 Å². The normalized spacial score (nSPS) is 26.3. The summed E-state index contributed by atoms with van der Waals surface area (Å²) in [5.41, 5.74) is 0. The molecule has 1 heterocycles. The monoisotopic (exact) mass is 214 g/mol. The number of hydrogen-bond donors (Lipinski definition) is 1. The first kappa shape index (κ1) is 12.5. The fourth-order valence-electron chi connectivity index (χ4n) is 2.01. The number of ether oxygens (including phenoxy) is 1. The highest BCUT2D eigenvalue weighted by atomic mass is 16.5. The second-order valence-electron chi connectivity index (χ2n) is 4.33. The average molecular weight is 214 g/mol. The summed E-state index contributed by atoms with van der Waals surface area (Å²) in [6.45, 7) is 4.39. The van der Waals surface area contributed by atoms with Crippen molar-refractivity contribution >= 4 is 5.91 Å². The summed E-state index contributed by atoms with van der Waals surface area (Å²) < 4.78 is 4.96. The zero-order chi connectivity index (χ0) is 11.3. The van der Waals surface area contributed by atoms with Gasteiger partial charge < -0.3 is 15.0 Å². The van der Waals surface area contributed by atoms with Crippen LogP contribution in [0.2, 0.25) is 0 Å². The fourth-order valence-corrected chi connectivity index (χ4v) is 2.01. The molecule has 4 nitrogen and oxygen atoms in total. The highest BCUT2D eigenvalue weighted by Crippen LogP contribution is 2.17. The third-order valence-electron chi connectivity index (χ3n) is 2.98. The zero-order valence-electron chi connectivity index (χ0n) is 9.95. The van der Waals surface area contributed by atoms with Gasteiger partial charge in [-0.05, 0) is 26.3 Å². The molecule has 1 aliphatic heterocycles. The van der Waals surface area contributed by atoms with Crippen molar-refractivity contribution in [2.24, 2.45) is 5.92 Å². The molecule has 0 saturated carbocycles. The molecule has 0 aromatic heterocycles. The van der Waals surface area contributed by atoms with Crippen LogP contribution >= 0.6 is 0 Å². The van der Waals surface area contributed by atoms with Crippen LogP contribution in [0.1, 0.15) is 19.8 Å². The number of nitrogens with zero attached hydrogens (tertiary/aromatic N) is 1. The van der Waals surface area contributed by atoms with Gasteiger partial charge in [0, 0.05) is 32.7 Å². The molecule has 0 aromatic rings. The van der Waals surface area contributed by atoms with E-state index in [2.05, 4.69) is 12.2 Å². The Balaban J connectivity index is 2.37. The first-order valence-electron chi connectivity index (χ1n) is 5.62. The zero-order valence-corrected chi connectivity index (χ0v) is 9.95. The van der Waals surface area contributed by atoms with Gasteiger partial charge in [-0.25, -0.2) is 0 Å². The molecule has 1 rings (SSSR count). The van der Waals surface area contributed by atoms with Gasteiger partial charge in [-0.15, -0.1) is 0 Å². The number of methoxy groups -OCH3 is 1. The van der Waals surface area contributed by atoms with E-state index >= 15 is 0 Å². The van der Waals surface area contributed by atoms with Crippen LogP contribution in [0.3, 0.4) is 0 Å². The smallest absolute Gasteiger partial charge is 0.225 e. The molecule has 0 aromatic carbocycles. The Morgan fingerprint density at radius 1 is 1.60 bits per heavy atom. The molecule has 88 valence electrons. The van der Waals surface area contributed by atoms with Gasteiger partial charge in [0.15, 0.2) is 0 Å². The lowest BCUT2D eigenvalue weighted by Crippen LogP contribution is -2.43. The minimum absolute atomic E-state index is 0.197. The van der Waals surface area contributed by atoms with Crippen molar-refractivity contribution in [2.45, 2.75) is 25.8 Å². The average Bonchev–Trinajstić information content (AvgIpc) is 2.24. The lowest BCUT2D eigenvalue weighted by molar-refractivity contribution is -0.135. The molecule has 0 spiro atoms. The summed E-state index contributed by atoms with van der Waals surface area (Å²) in [5, 5.41) is 3.35. The third kappa shape index (κ3) is 3.80. The van der Waals surface area contributed by atoms with Crippen molar-refractivity contribution in [3.63, 3.8) is 0 Å². The maximum atomic E-state index is 12.0. The summed E-state index contributed by atoms with van der Waals surface area (Å²) in [4.78, 5) is 13.8. The van der Waals surface area contributed by atoms with E-state index in [1.54, 1.807) is 12.0 Å². The van der Waals surface area contributed by atoms with Crippen LogP contribution in [-0.2, 0) is 9.53 Å². The summed E-state index contributed by atoms with van der Waals surface area (Å²) in [6.07, 6.45) is 1.91. The second kappa shape index (κ2) is 6.08. The van der Waals surface area contributed by atoms with Crippen molar-refractivity contribution in [1.29, 1.82) is 0 Å². The van der Waals surface area contributed by atoms with Crippen molar-refractivity contribution in [2.75, 3.05) is 33.9 Å². The lowest BCUT2D eigenvalue weighted by atomic mass is 9.92. The number of amides is 1. The van der Waals surface area contributed by atoms with Gasteiger partial charge in [-0.3, -0.25) is 4.79 Å². The van der Waals surface area contributed by atoms with Crippen LogP contribution in [0.4, 0.5) is 0 Å². The van der Waals surface area contributed by atoms with Gasteiger partial charge in [0.1, 0.15) is 0 Å². The Morgan fingerprint density at radius 2 is 2.33 bits per heavy atom. The number of rotatable bonds is 4. The molecule has 1 saturated heterocycles. The van der Waals surface area contributed by atoms with Gasteiger partial charge in [0.2, 0.25) is 5.91 Å². The van der Waals surface area contributed by atoms with Crippen molar-refractivity contribution in [1.82, 2.24) is 10.2 Å². The van der Waals surface area contributed by atoms with Crippen molar-refractivity contribution in [3.05, 3.63) is 0 Å². The van der Waals surface area contributed by atoms with E-state index < -0.39 is 0 Å². The maximum absolute atomic E-state index is 12.0. The molecule has 1 aliphatic rings. The number of piperidine rings is 1. The molecule has 1 fully saturated rings. The molecule has 0 bridgehead atoms. The summed E-state index contributed by atoms with van der Waals surface area (Å²) >= 11 is 0. The van der Waals surface area contributed by atoms with Crippen LogP contribution in [0, 0.1) is 5.92 Å². The topological polar surface area (TPSA) is 41.6 Å². The molecule has 0 aliphatic carbocycles. The van der Waals surface area contributed by atoms with Crippen molar-refractivity contribution in [3.8, 4) is 0 Å². The quantitative estimate of drug-likeness (QED) is 0.740. The molecular formula is C11H22N2O2. The first-order chi connectivity index (χ1) is 7.15. The number of nitrogens with one attached hydrogen (secondary N) is 1. The van der Waals surface area contributed by atoms with Crippen LogP contribution in [0.25, 0.3) is 0 Å². The van der Waals surface area contributed by atoms with E-state index in [9.17, 15) is 4.79 Å². The summed E-state index contributed by atoms with van der Waals surface area (Å²) in [7, 11) is 3.51. The second-order valence-corrected chi connectivity index (χ2v) is 4.33. The maximum Gasteiger partial charge on any atom is 0.225 e. The van der Waals surface area contributed by atoms with Crippen LogP contribution in [0.15, 0.2) is 0 Å². The molecule has 2 unspecified atom stereocenters. The van der Waals surface area contributed by atoms with E-state index in [-0.39, 0.29) is 11.8 Å². The van der Waals surface area contributed by atoms with Crippen LogP contribution in [-0.4, -0.2) is 50.7 Å². The Kier molecular flexibility index (Phi) is 5.05. The number of likely N-dealkylation sites (N-methyl/N-ethyl adjacent to an activating group) is 1. The van der Waals surface area contributed by atoms with Gasteiger partial charge in [0.25, 0.3) is 0 Å². The number of hydrogen-bond acceptors (Lipinski definition) is 3. The Bertz CT molecular complexity index is 209. The highest BCUT2D eigenvalue weighted by molar-refractivity contribution is 5.78. The van der Waals surface area contributed by atoms with Crippen molar-refractivity contribution < 1.29 is 9.53 Å². The summed E-state index contributed by atoms with van der Waals surface area (Å²) in [5.74, 6) is 0.462. The number of carbonyl (C=O) groups excluding carboxylic acids is 1. The van der Waals surface area contributed by atoms with E-state index in [4.69, 9.17) is 4.74 Å². The minimum Gasteiger partial charge on any atom is -0.383 e. The molecule has 0 radical (unpaired) electrons. The fraction of sp³-hybridized carbons (Fsp3) is 0.909. The van der Waals surface area contributed by atoms with Gasteiger partial charge in [-0.1, -0.05) is 0 Å².